The molecule has 0 radical (unpaired) electrons. The van der Waals surface area contributed by atoms with Gasteiger partial charge in [0.1, 0.15) is 5.75 Å². The van der Waals surface area contributed by atoms with E-state index in [4.69, 9.17) is 16.3 Å². The lowest BCUT2D eigenvalue weighted by atomic mass is 9.98. The van der Waals surface area contributed by atoms with Crippen LogP contribution in [0.15, 0.2) is 54.7 Å². The summed E-state index contributed by atoms with van der Waals surface area (Å²) in [4.78, 5) is 14.6. The van der Waals surface area contributed by atoms with Crippen molar-refractivity contribution in [1.82, 2.24) is 9.47 Å². The fourth-order valence-electron chi connectivity index (χ4n) is 4.12. The average Bonchev–Trinajstić information content (AvgIpc) is 3.37. The van der Waals surface area contributed by atoms with Gasteiger partial charge in [-0.1, -0.05) is 43.1 Å². The zero-order valence-electron chi connectivity index (χ0n) is 16.8. The number of ether oxygens (including phenoxy) is 1. The molecule has 2 heterocycles. The Morgan fingerprint density at radius 1 is 1.17 bits per heavy atom. The molecule has 0 aliphatic carbocycles. The molecule has 1 unspecified atom stereocenters. The van der Waals surface area contributed by atoms with Crippen LogP contribution in [-0.2, 0) is 11.3 Å². The van der Waals surface area contributed by atoms with Crippen molar-refractivity contribution in [3.8, 4) is 5.75 Å². The second-order valence-corrected chi connectivity index (χ2v) is 8.15. The second kappa shape index (κ2) is 8.91. The van der Waals surface area contributed by atoms with Gasteiger partial charge in [-0.3, -0.25) is 4.79 Å². The summed E-state index contributed by atoms with van der Waals surface area (Å²) in [5.74, 6) is 1.08. The van der Waals surface area contributed by atoms with Crippen molar-refractivity contribution >= 4 is 28.4 Å². The fourth-order valence-corrected chi connectivity index (χ4v) is 4.25. The Morgan fingerprint density at radius 3 is 2.76 bits per heavy atom. The number of rotatable bonds is 7. The van der Waals surface area contributed by atoms with E-state index < -0.39 is 0 Å². The van der Waals surface area contributed by atoms with E-state index >= 15 is 0 Å². The zero-order valence-corrected chi connectivity index (χ0v) is 17.6. The molecule has 29 heavy (non-hydrogen) atoms. The van der Waals surface area contributed by atoms with Crippen LogP contribution in [0, 0.1) is 0 Å². The van der Waals surface area contributed by atoms with Crippen molar-refractivity contribution in [1.29, 1.82) is 0 Å². The summed E-state index contributed by atoms with van der Waals surface area (Å²) in [7, 11) is 0. The molecule has 4 rings (SSSR count). The third-order valence-electron chi connectivity index (χ3n) is 5.73. The summed E-state index contributed by atoms with van der Waals surface area (Å²) in [6.07, 6.45) is 5.66. The first-order valence-corrected chi connectivity index (χ1v) is 10.8. The number of hydrogen-bond donors (Lipinski definition) is 0. The maximum atomic E-state index is 12.6. The standard InChI is InChI=1S/C24H27ClN2O2/c1-2-3-13-26-16-22(21-6-4-5-7-23(21)26)18-12-14-27(15-18)24(28)17-29-20-10-8-19(25)9-11-20/h4-11,16,18H,2-3,12-15,17H2,1H3. The summed E-state index contributed by atoms with van der Waals surface area (Å²) in [6, 6.07) is 15.7. The van der Waals surface area contributed by atoms with E-state index in [0.717, 1.165) is 26.1 Å². The highest BCUT2D eigenvalue weighted by atomic mass is 35.5. The number of hydrogen-bond acceptors (Lipinski definition) is 2. The number of carbonyl (C=O) groups is 1. The number of benzene rings is 2. The molecule has 3 aromatic rings. The van der Waals surface area contributed by atoms with Crippen molar-refractivity contribution < 1.29 is 9.53 Å². The summed E-state index contributed by atoms with van der Waals surface area (Å²) in [5, 5.41) is 1.98. The van der Waals surface area contributed by atoms with Crippen LogP contribution in [0.3, 0.4) is 0 Å². The van der Waals surface area contributed by atoms with Gasteiger partial charge >= 0.3 is 0 Å². The highest BCUT2D eigenvalue weighted by Gasteiger charge is 2.29. The van der Waals surface area contributed by atoms with Crippen LogP contribution >= 0.6 is 11.6 Å². The molecule has 4 nitrogen and oxygen atoms in total. The van der Waals surface area contributed by atoms with E-state index in [1.54, 1.807) is 24.3 Å². The van der Waals surface area contributed by atoms with Crippen molar-refractivity contribution in [3.05, 3.63) is 65.3 Å². The first-order valence-electron chi connectivity index (χ1n) is 10.4. The summed E-state index contributed by atoms with van der Waals surface area (Å²) in [5.41, 5.74) is 2.66. The minimum Gasteiger partial charge on any atom is -0.484 e. The van der Waals surface area contributed by atoms with Gasteiger partial charge in [0.15, 0.2) is 6.61 Å². The molecule has 0 N–H and O–H groups in total. The molecule has 1 saturated heterocycles. The van der Waals surface area contributed by atoms with Gasteiger partial charge in [0.2, 0.25) is 0 Å². The van der Waals surface area contributed by atoms with Crippen LogP contribution in [0.5, 0.6) is 5.75 Å². The molecule has 1 aliphatic heterocycles. The summed E-state index contributed by atoms with van der Waals surface area (Å²) in [6.45, 7) is 4.86. The Labute approximate surface area is 177 Å². The second-order valence-electron chi connectivity index (χ2n) is 7.72. The minimum absolute atomic E-state index is 0.0390. The molecule has 2 aromatic carbocycles. The van der Waals surface area contributed by atoms with Gasteiger partial charge in [0.05, 0.1) is 0 Å². The van der Waals surface area contributed by atoms with E-state index in [1.165, 1.54) is 29.3 Å². The molecule has 0 spiro atoms. The number of fused-ring (bicyclic) bond motifs is 1. The smallest absolute Gasteiger partial charge is 0.260 e. The molecule has 1 aliphatic rings. The normalized spacial score (nSPS) is 16.5. The quantitative estimate of drug-likeness (QED) is 0.516. The molecular formula is C24H27ClN2O2. The highest BCUT2D eigenvalue weighted by molar-refractivity contribution is 6.30. The number of aryl methyl sites for hydroxylation is 1. The predicted octanol–water partition coefficient (Wildman–Crippen LogP) is 5.49. The Hall–Kier alpha value is -2.46. The fraction of sp³-hybridized carbons (Fsp3) is 0.375. The van der Waals surface area contributed by atoms with Crippen molar-refractivity contribution in [2.75, 3.05) is 19.7 Å². The van der Waals surface area contributed by atoms with Crippen molar-refractivity contribution in [2.45, 2.75) is 38.6 Å². The maximum absolute atomic E-state index is 12.6. The maximum Gasteiger partial charge on any atom is 0.260 e. The topological polar surface area (TPSA) is 34.5 Å². The predicted molar refractivity (Wildman–Crippen MR) is 118 cm³/mol. The van der Waals surface area contributed by atoms with Crippen LogP contribution in [0.2, 0.25) is 5.02 Å². The molecule has 0 bridgehead atoms. The first-order chi connectivity index (χ1) is 14.2. The third-order valence-corrected chi connectivity index (χ3v) is 5.98. The monoisotopic (exact) mass is 410 g/mol. The molecule has 0 saturated carbocycles. The number of carbonyl (C=O) groups excluding carboxylic acids is 1. The van der Waals surface area contributed by atoms with Gasteiger partial charge in [-0.25, -0.2) is 0 Å². The van der Waals surface area contributed by atoms with E-state index in [9.17, 15) is 4.79 Å². The van der Waals surface area contributed by atoms with E-state index in [2.05, 4.69) is 42.0 Å². The van der Waals surface area contributed by atoms with E-state index in [1.807, 2.05) is 4.90 Å². The van der Waals surface area contributed by atoms with Crippen LogP contribution in [0.25, 0.3) is 10.9 Å². The lowest BCUT2D eigenvalue weighted by Crippen LogP contribution is -2.32. The van der Waals surface area contributed by atoms with Gasteiger partial charge in [-0.05, 0) is 48.7 Å². The minimum atomic E-state index is 0.0390. The molecular weight excluding hydrogens is 384 g/mol. The van der Waals surface area contributed by atoms with Gasteiger partial charge in [0.25, 0.3) is 5.91 Å². The van der Waals surface area contributed by atoms with Gasteiger partial charge in [0, 0.05) is 47.7 Å². The molecule has 1 aromatic heterocycles. The Kier molecular flexibility index (Phi) is 6.10. The molecule has 1 atom stereocenters. The zero-order chi connectivity index (χ0) is 20.2. The van der Waals surface area contributed by atoms with E-state index in [0.29, 0.717) is 16.7 Å². The van der Waals surface area contributed by atoms with Crippen LogP contribution in [0.1, 0.15) is 37.7 Å². The van der Waals surface area contributed by atoms with Crippen molar-refractivity contribution in [3.63, 3.8) is 0 Å². The van der Waals surface area contributed by atoms with Gasteiger partial charge < -0.3 is 14.2 Å². The first kappa shape index (κ1) is 19.8. The Morgan fingerprint density at radius 2 is 1.97 bits per heavy atom. The number of likely N-dealkylation sites (tertiary alicyclic amines) is 1. The number of aromatic nitrogens is 1. The highest BCUT2D eigenvalue weighted by Crippen LogP contribution is 2.34. The number of unbranched alkanes of at least 4 members (excludes halogenated alkanes) is 1. The Bertz CT molecular complexity index is 980. The van der Waals surface area contributed by atoms with Gasteiger partial charge in [-0.2, -0.15) is 0 Å². The van der Waals surface area contributed by atoms with Crippen molar-refractivity contribution in [2.24, 2.45) is 0 Å². The number of nitrogens with zero attached hydrogens (tertiary/aromatic N) is 2. The number of amides is 1. The summed E-state index contributed by atoms with van der Waals surface area (Å²) >= 11 is 5.89. The number of para-hydroxylation sites is 1. The molecule has 152 valence electrons. The summed E-state index contributed by atoms with van der Waals surface area (Å²) < 4.78 is 8.02. The van der Waals surface area contributed by atoms with E-state index in [-0.39, 0.29) is 12.5 Å². The SMILES string of the molecule is CCCCn1cc(C2CCN(C(=O)COc3ccc(Cl)cc3)C2)c2ccccc21. The van der Waals surface area contributed by atoms with Crippen LogP contribution < -0.4 is 4.74 Å². The lowest BCUT2D eigenvalue weighted by Gasteiger charge is -2.17. The third kappa shape index (κ3) is 4.43. The average molecular weight is 411 g/mol. The van der Waals surface area contributed by atoms with Crippen LogP contribution in [-0.4, -0.2) is 35.1 Å². The Balaban J connectivity index is 1.42. The molecule has 1 amide bonds. The lowest BCUT2D eigenvalue weighted by molar-refractivity contribution is -0.132. The van der Waals surface area contributed by atoms with Crippen LogP contribution in [0.4, 0.5) is 0 Å². The van der Waals surface area contributed by atoms with Gasteiger partial charge in [-0.15, -0.1) is 0 Å². The molecule has 5 heteroatoms. The number of halogens is 1. The molecule has 1 fully saturated rings. The largest absolute Gasteiger partial charge is 0.484 e.